The highest BCUT2D eigenvalue weighted by Crippen LogP contribution is 2.23. The summed E-state index contributed by atoms with van der Waals surface area (Å²) in [5.74, 6) is 0.229. The number of halogens is 3. The minimum absolute atomic E-state index is 0.0699. The fourth-order valence-electron chi connectivity index (χ4n) is 2.68. The first kappa shape index (κ1) is 23.9. The van der Waals surface area contributed by atoms with Crippen LogP contribution in [-0.2, 0) is 19.4 Å². The molecule has 30 heavy (non-hydrogen) atoms. The number of aryl methyl sites for hydroxylation is 1. The van der Waals surface area contributed by atoms with Crippen molar-refractivity contribution in [2.45, 2.75) is 39.6 Å². The van der Waals surface area contributed by atoms with E-state index in [2.05, 4.69) is 32.3 Å². The average molecular weight is 445 g/mol. The first-order valence-corrected chi connectivity index (χ1v) is 10.6. The van der Waals surface area contributed by atoms with Crippen molar-refractivity contribution in [3.05, 3.63) is 45.9 Å². The fraction of sp³-hybridized carbons (Fsp3) is 0.500. The zero-order chi connectivity index (χ0) is 22.0. The Bertz CT molecular complexity index is 794. The van der Waals surface area contributed by atoms with Crippen LogP contribution in [0.2, 0.25) is 0 Å². The number of rotatable bonds is 10. The monoisotopic (exact) mass is 444 g/mol. The highest BCUT2D eigenvalue weighted by molar-refractivity contribution is 7.11. The van der Waals surface area contributed by atoms with Gasteiger partial charge in [-0.15, -0.1) is 24.5 Å². The summed E-state index contributed by atoms with van der Waals surface area (Å²) < 4.78 is 40.6. The number of benzene rings is 1. The van der Waals surface area contributed by atoms with E-state index < -0.39 is 6.36 Å². The molecule has 1 heterocycles. The Morgan fingerprint density at radius 2 is 1.97 bits per heavy atom. The number of alkyl halides is 3. The van der Waals surface area contributed by atoms with Crippen molar-refractivity contribution in [1.29, 1.82) is 0 Å². The third kappa shape index (κ3) is 8.58. The maximum atomic E-state index is 12.3. The van der Waals surface area contributed by atoms with Crippen LogP contribution in [0.25, 0.3) is 0 Å². The first-order valence-electron chi connectivity index (χ1n) is 9.74. The molecule has 3 N–H and O–H groups in total. The molecule has 10 heteroatoms. The first-order chi connectivity index (χ1) is 14.3. The summed E-state index contributed by atoms with van der Waals surface area (Å²) in [6.07, 6.45) is -1.40. The van der Waals surface area contributed by atoms with Crippen LogP contribution in [0.3, 0.4) is 0 Å². The Morgan fingerprint density at radius 3 is 2.53 bits per heavy atom. The van der Waals surface area contributed by atoms with Gasteiger partial charge in [0.05, 0.1) is 6.54 Å². The molecule has 1 unspecified atom stereocenters. The number of nitrogens with one attached hydrogen (secondary N) is 2. The lowest BCUT2D eigenvalue weighted by molar-refractivity contribution is -0.274. The van der Waals surface area contributed by atoms with Gasteiger partial charge in [0.2, 0.25) is 0 Å². The van der Waals surface area contributed by atoms with E-state index in [0.29, 0.717) is 32.0 Å². The van der Waals surface area contributed by atoms with E-state index in [1.54, 1.807) is 23.5 Å². The van der Waals surface area contributed by atoms with E-state index in [0.717, 1.165) is 17.0 Å². The topological polar surface area (TPSA) is 78.8 Å². The van der Waals surface area contributed by atoms with Crippen molar-refractivity contribution in [2.24, 2.45) is 10.9 Å². The molecule has 1 atom stereocenters. The molecule has 2 rings (SSSR count). The molecular weight excluding hydrogens is 417 g/mol. The third-order valence-electron chi connectivity index (χ3n) is 4.16. The highest BCUT2D eigenvalue weighted by atomic mass is 32.1. The second-order valence-electron chi connectivity index (χ2n) is 6.59. The van der Waals surface area contributed by atoms with Crippen molar-refractivity contribution in [3.63, 3.8) is 0 Å². The second-order valence-corrected chi connectivity index (χ2v) is 7.79. The van der Waals surface area contributed by atoms with Crippen LogP contribution in [0.1, 0.15) is 29.3 Å². The number of aliphatic imine (C=N–C) groups is 1. The Hall–Kier alpha value is -2.33. The van der Waals surface area contributed by atoms with Gasteiger partial charge >= 0.3 is 6.36 Å². The number of thiazole rings is 1. The zero-order valence-corrected chi connectivity index (χ0v) is 17.8. The standard InChI is InChI=1S/C20H27F3N4O2S/c1-3-17-11-25-18(30-17)12-27-19(24-4-2)26-10-15(13-28)9-14-5-7-16(8-6-14)29-20(21,22)23/h5-8,11,15,28H,3-4,9-10,12-13H2,1-2H3,(H2,24,26,27). The van der Waals surface area contributed by atoms with Crippen molar-refractivity contribution in [1.82, 2.24) is 15.6 Å². The van der Waals surface area contributed by atoms with Crippen molar-refractivity contribution >= 4 is 17.3 Å². The number of aliphatic hydroxyl groups excluding tert-OH is 1. The molecule has 166 valence electrons. The largest absolute Gasteiger partial charge is 0.573 e. The molecule has 2 aromatic rings. The predicted octanol–water partition coefficient (Wildman–Crippen LogP) is 3.51. The van der Waals surface area contributed by atoms with Crippen molar-refractivity contribution in [3.8, 4) is 5.75 Å². The Balaban J connectivity index is 1.90. The summed E-state index contributed by atoms with van der Waals surface area (Å²) in [5, 5.41) is 17.0. The summed E-state index contributed by atoms with van der Waals surface area (Å²) in [6, 6.07) is 5.68. The normalized spacial score (nSPS) is 13.2. The van der Waals surface area contributed by atoms with Crippen LogP contribution in [0.15, 0.2) is 35.5 Å². The number of ether oxygens (including phenoxy) is 1. The minimum atomic E-state index is -4.71. The van der Waals surface area contributed by atoms with E-state index in [-0.39, 0.29) is 18.3 Å². The molecule has 0 saturated carbocycles. The molecule has 6 nitrogen and oxygen atoms in total. The van der Waals surface area contributed by atoms with Gasteiger partial charge in [0.1, 0.15) is 10.8 Å². The summed E-state index contributed by atoms with van der Waals surface area (Å²) >= 11 is 1.63. The van der Waals surface area contributed by atoms with E-state index in [1.807, 2.05) is 13.1 Å². The lowest BCUT2D eigenvalue weighted by Crippen LogP contribution is -2.40. The Labute approximate surface area is 178 Å². The Morgan fingerprint density at radius 1 is 1.23 bits per heavy atom. The summed E-state index contributed by atoms with van der Waals surface area (Å²) in [7, 11) is 0. The van der Waals surface area contributed by atoms with Crippen LogP contribution in [0, 0.1) is 5.92 Å². The number of guanidine groups is 1. The third-order valence-corrected chi connectivity index (χ3v) is 5.29. The molecule has 0 spiro atoms. The highest BCUT2D eigenvalue weighted by Gasteiger charge is 2.30. The molecule has 0 bridgehead atoms. The van der Waals surface area contributed by atoms with Gasteiger partial charge in [-0.1, -0.05) is 19.1 Å². The average Bonchev–Trinajstić information content (AvgIpc) is 3.17. The lowest BCUT2D eigenvalue weighted by atomic mass is 10.00. The van der Waals surface area contributed by atoms with Crippen molar-refractivity contribution < 1.29 is 23.0 Å². The maximum absolute atomic E-state index is 12.3. The van der Waals surface area contributed by atoms with Gasteiger partial charge in [-0.05, 0) is 37.5 Å². The van der Waals surface area contributed by atoms with Gasteiger partial charge in [0.15, 0.2) is 5.96 Å². The fourth-order valence-corrected chi connectivity index (χ4v) is 3.46. The number of aromatic nitrogens is 1. The van der Waals surface area contributed by atoms with Crippen LogP contribution in [0.4, 0.5) is 13.2 Å². The molecule has 0 radical (unpaired) electrons. The number of nitrogens with zero attached hydrogens (tertiary/aromatic N) is 2. The zero-order valence-electron chi connectivity index (χ0n) is 17.0. The number of hydrogen-bond acceptors (Lipinski definition) is 5. The molecule has 1 aromatic heterocycles. The smallest absolute Gasteiger partial charge is 0.406 e. The lowest BCUT2D eigenvalue weighted by Gasteiger charge is -2.18. The summed E-state index contributed by atoms with van der Waals surface area (Å²) in [6.45, 7) is 5.58. The van der Waals surface area contributed by atoms with Gasteiger partial charge in [-0.25, -0.2) is 9.98 Å². The van der Waals surface area contributed by atoms with Crippen LogP contribution in [-0.4, -0.2) is 42.1 Å². The molecule has 0 fully saturated rings. The van der Waals surface area contributed by atoms with Gasteiger partial charge < -0.3 is 20.5 Å². The number of aliphatic hydroxyl groups is 1. The molecule has 0 saturated heterocycles. The molecular formula is C20H27F3N4O2S. The Kier molecular flexibility index (Phi) is 9.38. The predicted molar refractivity (Wildman–Crippen MR) is 112 cm³/mol. The molecule has 0 aliphatic carbocycles. The van der Waals surface area contributed by atoms with Gasteiger partial charge in [-0.3, -0.25) is 0 Å². The van der Waals surface area contributed by atoms with Gasteiger partial charge in [0, 0.05) is 36.7 Å². The molecule has 1 aromatic carbocycles. The number of hydrogen-bond donors (Lipinski definition) is 3. The van der Waals surface area contributed by atoms with E-state index in [9.17, 15) is 18.3 Å². The molecule has 0 aliphatic heterocycles. The van der Waals surface area contributed by atoms with Gasteiger partial charge in [0.25, 0.3) is 0 Å². The molecule has 0 aliphatic rings. The minimum Gasteiger partial charge on any atom is -0.406 e. The van der Waals surface area contributed by atoms with Crippen LogP contribution in [0.5, 0.6) is 5.75 Å². The van der Waals surface area contributed by atoms with E-state index in [1.165, 1.54) is 17.0 Å². The SMILES string of the molecule is CCNC(=NCc1ncc(CC)s1)NCC(CO)Cc1ccc(OC(F)(F)F)cc1. The van der Waals surface area contributed by atoms with E-state index >= 15 is 0 Å². The maximum Gasteiger partial charge on any atom is 0.573 e. The summed E-state index contributed by atoms with van der Waals surface area (Å²) in [5.41, 5.74) is 0.808. The quantitative estimate of drug-likeness (QED) is 0.386. The van der Waals surface area contributed by atoms with Gasteiger partial charge in [-0.2, -0.15) is 0 Å². The van der Waals surface area contributed by atoms with Crippen molar-refractivity contribution in [2.75, 3.05) is 19.7 Å². The van der Waals surface area contributed by atoms with Crippen LogP contribution >= 0.6 is 11.3 Å². The van der Waals surface area contributed by atoms with Crippen LogP contribution < -0.4 is 15.4 Å². The van der Waals surface area contributed by atoms with E-state index in [4.69, 9.17) is 0 Å². The molecule has 0 amide bonds. The second kappa shape index (κ2) is 11.8. The summed E-state index contributed by atoms with van der Waals surface area (Å²) in [4.78, 5) is 10.1.